The van der Waals surface area contributed by atoms with Crippen LogP contribution in [0.1, 0.15) is 226 Å². The molecule has 0 radical (unpaired) electrons. The maximum Gasteiger partial charge on any atom is 0.306 e. The van der Waals surface area contributed by atoms with Gasteiger partial charge in [-0.25, -0.2) is 0 Å². The van der Waals surface area contributed by atoms with E-state index in [0.717, 1.165) is 96.3 Å². The fourth-order valence-corrected chi connectivity index (χ4v) is 7.04. The third kappa shape index (κ3) is 52.6. The molecule has 0 fully saturated rings. The van der Waals surface area contributed by atoms with Gasteiger partial charge in [-0.2, -0.15) is 0 Å². The number of rotatable bonds is 47. The van der Waals surface area contributed by atoms with Gasteiger partial charge in [0.25, 0.3) is 0 Å². The number of hydrogen-bond acceptors (Lipinski definition) is 6. The SMILES string of the molecule is CC\C=C/C=C\C=C/C=C\C=C\C=C/C=C\CCCCCC(=O)OCC(COC(=O)CCCCC/C=C\CCCCCCCC)OC(=O)CCCCCCCCC/C=C\C/C=C\CCCCC. The normalized spacial score (nSPS) is 13.1. The van der Waals surface area contributed by atoms with Crippen LogP contribution in [0.5, 0.6) is 0 Å². The van der Waals surface area contributed by atoms with Gasteiger partial charge >= 0.3 is 17.9 Å². The zero-order chi connectivity index (χ0) is 48.6. The second-order valence-corrected chi connectivity index (χ2v) is 17.6. The first-order valence-electron chi connectivity index (χ1n) is 27.1. The fraction of sp³-hybridized carbons (Fsp3) is 0.623. The smallest absolute Gasteiger partial charge is 0.306 e. The average molecular weight is 927 g/mol. The maximum atomic E-state index is 12.8. The van der Waals surface area contributed by atoms with Crippen LogP contribution < -0.4 is 0 Å². The van der Waals surface area contributed by atoms with Gasteiger partial charge in [0, 0.05) is 19.3 Å². The van der Waals surface area contributed by atoms with Crippen molar-refractivity contribution in [1.29, 1.82) is 0 Å². The van der Waals surface area contributed by atoms with Crippen molar-refractivity contribution in [3.8, 4) is 0 Å². The highest BCUT2D eigenvalue weighted by atomic mass is 16.6. The molecule has 0 aromatic rings. The van der Waals surface area contributed by atoms with E-state index in [9.17, 15) is 14.4 Å². The van der Waals surface area contributed by atoms with Crippen molar-refractivity contribution < 1.29 is 28.6 Å². The molecule has 0 spiro atoms. The summed E-state index contributed by atoms with van der Waals surface area (Å²) in [4.78, 5) is 38.1. The Labute approximate surface area is 412 Å². The highest BCUT2D eigenvalue weighted by Gasteiger charge is 2.19. The van der Waals surface area contributed by atoms with E-state index in [1.165, 1.54) is 89.9 Å². The summed E-state index contributed by atoms with van der Waals surface area (Å²) in [5, 5.41) is 0. The first kappa shape index (κ1) is 62.8. The van der Waals surface area contributed by atoms with Crippen molar-refractivity contribution in [3.05, 3.63) is 122 Å². The number of ether oxygens (including phenoxy) is 3. The minimum absolute atomic E-state index is 0.107. The molecule has 0 saturated carbocycles. The van der Waals surface area contributed by atoms with Crippen LogP contribution >= 0.6 is 0 Å². The number of carbonyl (C=O) groups is 3. The molecule has 0 saturated heterocycles. The molecule has 0 N–H and O–H groups in total. The summed E-state index contributed by atoms with van der Waals surface area (Å²) in [5.41, 5.74) is 0. The van der Waals surface area contributed by atoms with E-state index < -0.39 is 6.10 Å². The summed E-state index contributed by atoms with van der Waals surface area (Å²) in [6, 6.07) is 0. The Morgan fingerprint density at radius 2 is 0.642 bits per heavy atom. The average Bonchev–Trinajstić information content (AvgIpc) is 3.33. The molecule has 6 nitrogen and oxygen atoms in total. The Bertz CT molecular complexity index is 1440. The van der Waals surface area contributed by atoms with E-state index in [1.807, 2.05) is 72.9 Å². The van der Waals surface area contributed by atoms with Crippen LogP contribution in [0.3, 0.4) is 0 Å². The lowest BCUT2D eigenvalue weighted by atomic mass is 10.1. The maximum absolute atomic E-state index is 12.8. The minimum Gasteiger partial charge on any atom is -0.462 e. The first-order chi connectivity index (χ1) is 33.0. The van der Waals surface area contributed by atoms with Crippen LogP contribution in [0.15, 0.2) is 122 Å². The number of esters is 3. The number of hydrogen-bond donors (Lipinski definition) is 0. The second kappa shape index (κ2) is 54.4. The van der Waals surface area contributed by atoms with Crippen LogP contribution in [0.4, 0.5) is 0 Å². The topological polar surface area (TPSA) is 78.9 Å². The van der Waals surface area contributed by atoms with Crippen LogP contribution in [-0.2, 0) is 28.6 Å². The standard InChI is InChI=1S/C61H98O6/c1-4-7-10-13-16-19-22-25-27-29-30-32-33-36-39-42-45-48-51-54-60(63)66-57-58(56-65-59(62)53-50-47-44-41-38-35-24-21-18-15-12-9-6-3)67-61(64)55-52-49-46-43-40-37-34-31-28-26-23-20-17-14-11-8-5-2/h7,10,13,16-17,19-20,22,25-30,32-33,35-36,38-39,58H,4-6,8-9,11-12,14-15,18,21,23-24,31,34,37,40-57H2,1-3H3/b10-7-,16-13-,20-17-,22-19-,27-25-,28-26-,30-29+,33-32-,38-35-,39-36-. The van der Waals surface area contributed by atoms with Crippen molar-refractivity contribution in [2.24, 2.45) is 0 Å². The van der Waals surface area contributed by atoms with Crippen LogP contribution in [0.25, 0.3) is 0 Å². The Morgan fingerprint density at radius 3 is 1.09 bits per heavy atom. The molecule has 1 atom stereocenters. The largest absolute Gasteiger partial charge is 0.462 e. The van der Waals surface area contributed by atoms with E-state index in [-0.39, 0.29) is 31.1 Å². The predicted molar refractivity (Wildman–Crippen MR) is 288 cm³/mol. The molecule has 0 aliphatic carbocycles. The third-order valence-corrected chi connectivity index (χ3v) is 11.1. The molecule has 378 valence electrons. The second-order valence-electron chi connectivity index (χ2n) is 17.6. The van der Waals surface area contributed by atoms with Crippen molar-refractivity contribution in [1.82, 2.24) is 0 Å². The van der Waals surface area contributed by atoms with Gasteiger partial charge in [0.2, 0.25) is 0 Å². The summed E-state index contributed by atoms with van der Waals surface area (Å²) in [6.45, 7) is 6.39. The molecule has 6 heteroatoms. The van der Waals surface area contributed by atoms with Crippen LogP contribution in [-0.4, -0.2) is 37.2 Å². The van der Waals surface area contributed by atoms with Gasteiger partial charge in [-0.05, 0) is 96.3 Å². The fourth-order valence-electron chi connectivity index (χ4n) is 7.04. The number of unbranched alkanes of at least 4 members (excludes halogenated alkanes) is 22. The number of carbonyl (C=O) groups excluding carboxylic acids is 3. The Kier molecular flexibility index (Phi) is 51.0. The van der Waals surface area contributed by atoms with Gasteiger partial charge < -0.3 is 14.2 Å². The Hall–Kier alpha value is -4.19. The highest BCUT2D eigenvalue weighted by Crippen LogP contribution is 2.13. The molecule has 0 amide bonds. The summed E-state index contributed by atoms with van der Waals surface area (Å²) in [7, 11) is 0. The summed E-state index contributed by atoms with van der Waals surface area (Å²) in [6.07, 6.45) is 74.6. The lowest BCUT2D eigenvalue weighted by Crippen LogP contribution is -2.30. The third-order valence-electron chi connectivity index (χ3n) is 11.1. The van der Waals surface area contributed by atoms with Crippen molar-refractivity contribution in [2.75, 3.05) is 13.2 Å². The molecule has 0 aliphatic heterocycles. The molecule has 0 rings (SSSR count). The van der Waals surface area contributed by atoms with Crippen molar-refractivity contribution >= 4 is 17.9 Å². The van der Waals surface area contributed by atoms with Crippen molar-refractivity contribution in [3.63, 3.8) is 0 Å². The summed E-state index contributed by atoms with van der Waals surface area (Å²) in [5.74, 6) is -0.981. The Morgan fingerprint density at radius 1 is 0.328 bits per heavy atom. The van der Waals surface area contributed by atoms with Crippen molar-refractivity contribution in [2.45, 2.75) is 232 Å². The Balaban J connectivity index is 4.54. The van der Waals surface area contributed by atoms with Gasteiger partial charge in [0.05, 0.1) is 0 Å². The first-order valence-corrected chi connectivity index (χ1v) is 27.1. The predicted octanol–water partition coefficient (Wildman–Crippen LogP) is 18.1. The molecular weight excluding hydrogens is 829 g/mol. The molecule has 0 aromatic heterocycles. The minimum atomic E-state index is -0.811. The van der Waals surface area contributed by atoms with Gasteiger partial charge in [-0.15, -0.1) is 0 Å². The monoisotopic (exact) mass is 927 g/mol. The summed E-state index contributed by atoms with van der Waals surface area (Å²) < 4.78 is 16.8. The van der Waals surface area contributed by atoms with Gasteiger partial charge in [0.1, 0.15) is 13.2 Å². The quantitative estimate of drug-likeness (QED) is 0.0199. The van der Waals surface area contributed by atoms with Gasteiger partial charge in [-0.1, -0.05) is 232 Å². The van der Waals surface area contributed by atoms with E-state index in [2.05, 4.69) is 69.4 Å². The van der Waals surface area contributed by atoms with E-state index >= 15 is 0 Å². The molecule has 0 bridgehead atoms. The molecule has 67 heavy (non-hydrogen) atoms. The van der Waals surface area contributed by atoms with Crippen LogP contribution in [0.2, 0.25) is 0 Å². The van der Waals surface area contributed by atoms with Crippen LogP contribution in [0, 0.1) is 0 Å². The molecule has 0 heterocycles. The molecule has 0 aromatic carbocycles. The lowest BCUT2D eigenvalue weighted by molar-refractivity contribution is -0.167. The molecular formula is C61H98O6. The van der Waals surface area contributed by atoms with Gasteiger partial charge in [0.15, 0.2) is 6.10 Å². The lowest BCUT2D eigenvalue weighted by Gasteiger charge is -2.18. The zero-order valence-electron chi connectivity index (χ0n) is 43.1. The highest BCUT2D eigenvalue weighted by molar-refractivity contribution is 5.71. The van der Waals surface area contributed by atoms with Gasteiger partial charge in [-0.3, -0.25) is 14.4 Å². The molecule has 1 unspecified atom stereocenters. The van der Waals surface area contributed by atoms with E-state index in [4.69, 9.17) is 14.2 Å². The molecule has 0 aliphatic rings. The zero-order valence-corrected chi connectivity index (χ0v) is 43.1. The van der Waals surface area contributed by atoms with E-state index in [1.54, 1.807) is 0 Å². The number of allylic oxidation sites excluding steroid dienone is 20. The van der Waals surface area contributed by atoms with E-state index in [0.29, 0.717) is 19.3 Å². The summed E-state index contributed by atoms with van der Waals surface area (Å²) >= 11 is 0.